The maximum absolute atomic E-state index is 11.9. The highest BCUT2D eigenvalue weighted by atomic mass is 16.6. The molecule has 9 nitrogen and oxygen atoms in total. The number of nitro groups is 1. The van der Waals surface area contributed by atoms with Gasteiger partial charge < -0.3 is 15.7 Å². The van der Waals surface area contributed by atoms with Crippen LogP contribution in [0.3, 0.4) is 0 Å². The van der Waals surface area contributed by atoms with E-state index in [1.54, 1.807) is 12.1 Å². The number of hydrogen-bond acceptors (Lipinski definition) is 6. The highest BCUT2D eigenvalue weighted by Gasteiger charge is 2.07. The lowest BCUT2D eigenvalue weighted by Gasteiger charge is -2.06. The highest BCUT2D eigenvalue weighted by Crippen LogP contribution is 2.17. The summed E-state index contributed by atoms with van der Waals surface area (Å²) in [5.41, 5.74) is 0.528. The van der Waals surface area contributed by atoms with Crippen LogP contribution >= 0.6 is 0 Å². The predicted octanol–water partition coefficient (Wildman–Crippen LogP) is 3.68. The van der Waals surface area contributed by atoms with E-state index in [0.717, 1.165) is 38.5 Å². The van der Waals surface area contributed by atoms with Gasteiger partial charge >= 0.3 is 5.97 Å². The lowest BCUT2D eigenvalue weighted by atomic mass is 10.1. The van der Waals surface area contributed by atoms with Crippen molar-refractivity contribution in [1.82, 2.24) is 5.32 Å². The summed E-state index contributed by atoms with van der Waals surface area (Å²) in [5, 5.41) is 25.0. The third-order valence-electron chi connectivity index (χ3n) is 4.55. The van der Waals surface area contributed by atoms with Crippen molar-refractivity contribution in [3.63, 3.8) is 0 Å². The fourth-order valence-corrected chi connectivity index (χ4v) is 2.87. The number of amides is 1. The standard InChI is InChI=1S/C21H31N3O6/c25-19(16-23-17-9-8-10-18(15-17)24(29)30)11-4-1-2-5-12-20(26)22-14-7-3-6-13-21(27)28/h8-10,15,23H,1-7,11-14,16H2,(H,22,26)(H,27,28). The average Bonchev–Trinajstić information content (AvgIpc) is 2.71. The fraction of sp³-hybridized carbons (Fsp3) is 0.571. The Morgan fingerprint density at radius 1 is 0.933 bits per heavy atom. The number of non-ortho nitro benzene ring substituents is 1. The molecule has 0 saturated heterocycles. The maximum Gasteiger partial charge on any atom is 0.303 e. The minimum atomic E-state index is -0.792. The second-order valence-corrected chi connectivity index (χ2v) is 7.17. The van der Waals surface area contributed by atoms with E-state index in [2.05, 4.69) is 10.6 Å². The first-order chi connectivity index (χ1) is 14.4. The highest BCUT2D eigenvalue weighted by molar-refractivity contribution is 5.83. The molecule has 1 amide bonds. The van der Waals surface area contributed by atoms with Crippen LogP contribution in [-0.4, -0.2) is 40.8 Å². The third kappa shape index (κ3) is 12.5. The summed E-state index contributed by atoms with van der Waals surface area (Å²) in [7, 11) is 0. The molecule has 166 valence electrons. The Bertz CT molecular complexity index is 708. The second-order valence-electron chi connectivity index (χ2n) is 7.17. The summed E-state index contributed by atoms with van der Waals surface area (Å²) < 4.78 is 0. The van der Waals surface area contributed by atoms with Gasteiger partial charge in [-0.1, -0.05) is 25.3 Å². The Balaban J connectivity index is 2.00. The summed E-state index contributed by atoms with van der Waals surface area (Å²) in [6.07, 6.45) is 6.52. The number of nitro benzene ring substituents is 1. The van der Waals surface area contributed by atoms with Crippen LogP contribution in [0, 0.1) is 10.1 Å². The minimum absolute atomic E-state index is 0.00506. The van der Waals surface area contributed by atoms with Crippen molar-refractivity contribution < 1.29 is 24.4 Å². The largest absolute Gasteiger partial charge is 0.481 e. The minimum Gasteiger partial charge on any atom is -0.481 e. The van der Waals surface area contributed by atoms with Gasteiger partial charge in [-0.25, -0.2) is 0 Å². The van der Waals surface area contributed by atoms with Gasteiger partial charge in [0, 0.05) is 43.6 Å². The van der Waals surface area contributed by atoms with Crippen LogP contribution in [0.1, 0.15) is 64.2 Å². The zero-order chi connectivity index (χ0) is 22.2. The molecule has 0 radical (unpaired) electrons. The number of benzene rings is 1. The number of carbonyl (C=O) groups excluding carboxylic acids is 2. The van der Waals surface area contributed by atoms with Gasteiger partial charge in [-0.2, -0.15) is 0 Å². The van der Waals surface area contributed by atoms with Crippen molar-refractivity contribution in [3.05, 3.63) is 34.4 Å². The van der Waals surface area contributed by atoms with Crippen LogP contribution < -0.4 is 10.6 Å². The molecule has 0 heterocycles. The fourth-order valence-electron chi connectivity index (χ4n) is 2.87. The Labute approximate surface area is 176 Å². The number of unbranched alkanes of at least 4 members (excludes halogenated alkanes) is 5. The molecule has 0 unspecified atom stereocenters. The molecule has 0 atom stereocenters. The first-order valence-corrected chi connectivity index (χ1v) is 10.4. The number of nitrogens with one attached hydrogen (secondary N) is 2. The van der Waals surface area contributed by atoms with E-state index < -0.39 is 10.9 Å². The summed E-state index contributed by atoms with van der Waals surface area (Å²) in [6, 6.07) is 6.05. The van der Waals surface area contributed by atoms with Crippen molar-refractivity contribution in [1.29, 1.82) is 0 Å². The molecule has 0 spiro atoms. The number of aliphatic carboxylic acids is 1. The molecule has 0 bridgehead atoms. The first kappa shape index (κ1) is 25.1. The van der Waals surface area contributed by atoms with Gasteiger partial charge in [0.15, 0.2) is 5.78 Å². The number of rotatable bonds is 17. The Morgan fingerprint density at radius 3 is 2.30 bits per heavy atom. The smallest absolute Gasteiger partial charge is 0.303 e. The van der Waals surface area contributed by atoms with E-state index in [9.17, 15) is 24.5 Å². The Morgan fingerprint density at radius 2 is 1.60 bits per heavy atom. The van der Waals surface area contributed by atoms with E-state index in [-0.39, 0.29) is 30.3 Å². The van der Waals surface area contributed by atoms with Crippen LogP contribution in [0.25, 0.3) is 0 Å². The van der Waals surface area contributed by atoms with Gasteiger partial charge in [0.25, 0.3) is 5.69 Å². The summed E-state index contributed by atoms with van der Waals surface area (Å²) in [6.45, 7) is 0.709. The molecule has 1 aromatic carbocycles. The number of ketones is 1. The zero-order valence-electron chi connectivity index (χ0n) is 17.2. The molecule has 9 heteroatoms. The molecule has 30 heavy (non-hydrogen) atoms. The summed E-state index contributed by atoms with van der Waals surface area (Å²) in [4.78, 5) is 44.3. The maximum atomic E-state index is 11.9. The van der Waals surface area contributed by atoms with Crippen molar-refractivity contribution in [2.75, 3.05) is 18.4 Å². The molecular weight excluding hydrogens is 390 g/mol. The van der Waals surface area contributed by atoms with E-state index in [1.165, 1.54) is 12.1 Å². The SMILES string of the molecule is O=C(O)CCCCCNC(=O)CCCCCCC(=O)CNc1cccc([N+](=O)[O-])c1. The molecule has 3 N–H and O–H groups in total. The normalized spacial score (nSPS) is 10.4. The lowest BCUT2D eigenvalue weighted by molar-refractivity contribution is -0.384. The second kappa shape index (κ2) is 14.9. The summed E-state index contributed by atoms with van der Waals surface area (Å²) in [5.74, 6) is -0.743. The first-order valence-electron chi connectivity index (χ1n) is 10.4. The van der Waals surface area contributed by atoms with Crippen molar-refractivity contribution >= 4 is 29.0 Å². The number of anilines is 1. The molecular formula is C21H31N3O6. The topological polar surface area (TPSA) is 139 Å². The lowest BCUT2D eigenvalue weighted by Crippen LogP contribution is -2.24. The van der Waals surface area contributed by atoms with E-state index >= 15 is 0 Å². The van der Waals surface area contributed by atoms with Crippen LogP contribution in [-0.2, 0) is 14.4 Å². The van der Waals surface area contributed by atoms with Gasteiger partial charge in [0.05, 0.1) is 11.5 Å². The number of carboxylic acid groups (broad SMARTS) is 1. The van der Waals surface area contributed by atoms with Crippen LogP contribution in [0.2, 0.25) is 0 Å². The molecule has 0 aliphatic rings. The van der Waals surface area contributed by atoms with Gasteiger partial charge in [0.1, 0.15) is 0 Å². The number of carbonyl (C=O) groups is 3. The van der Waals surface area contributed by atoms with Crippen LogP contribution in [0.5, 0.6) is 0 Å². The molecule has 0 aliphatic carbocycles. The zero-order valence-corrected chi connectivity index (χ0v) is 17.2. The monoisotopic (exact) mass is 421 g/mol. The van der Waals surface area contributed by atoms with E-state index in [0.29, 0.717) is 31.5 Å². The number of Topliss-reactive ketones (excluding diaryl/α,β-unsaturated/α-hetero) is 1. The molecule has 1 rings (SSSR count). The Kier molecular flexibility index (Phi) is 12.5. The molecule has 0 saturated carbocycles. The Hall–Kier alpha value is -2.97. The average molecular weight is 421 g/mol. The summed E-state index contributed by atoms with van der Waals surface area (Å²) >= 11 is 0. The van der Waals surface area contributed by atoms with E-state index in [1.807, 2.05) is 0 Å². The van der Waals surface area contributed by atoms with Crippen molar-refractivity contribution in [3.8, 4) is 0 Å². The van der Waals surface area contributed by atoms with Crippen molar-refractivity contribution in [2.24, 2.45) is 0 Å². The number of carboxylic acids is 1. The molecule has 1 aromatic rings. The quantitative estimate of drug-likeness (QED) is 0.198. The van der Waals surface area contributed by atoms with Gasteiger partial charge in [0.2, 0.25) is 5.91 Å². The van der Waals surface area contributed by atoms with Gasteiger partial charge in [-0.3, -0.25) is 24.5 Å². The predicted molar refractivity (Wildman–Crippen MR) is 113 cm³/mol. The molecule has 0 aromatic heterocycles. The third-order valence-corrected chi connectivity index (χ3v) is 4.55. The van der Waals surface area contributed by atoms with Crippen LogP contribution in [0.15, 0.2) is 24.3 Å². The molecule has 0 aliphatic heterocycles. The van der Waals surface area contributed by atoms with Crippen molar-refractivity contribution in [2.45, 2.75) is 64.2 Å². The number of nitrogens with zero attached hydrogens (tertiary/aromatic N) is 1. The van der Waals surface area contributed by atoms with Crippen LogP contribution in [0.4, 0.5) is 11.4 Å². The number of hydrogen-bond donors (Lipinski definition) is 3. The van der Waals surface area contributed by atoms with E-state index in [4.69, 9.17) is 5.11 Å². The molecule has 0 fully saturated rings. The van der Waals surface area contributed by atoms with Gasteiger partial charge in [-0.15, -0.1) is 0 Å². The van der Waals surface area contributed by atoms with Gasteiger partial charge in [-0.05, 0) is 31.7 Å².